The first-order valence-corrected chi connectivity index (χ1v) is 14.3. The average molecular weight is 660 g/mol. The molecule has 1 aliphatic rings. The molecular weight excluding hydrogens is 634 g/mol. The van der Waals surface area contributed by atoms with E-state index in [0.29, 0.717) is 18.2 Å². The van der Waals surface area contributed by atoms with Gasteiger partial charge in [-0.25, -0.2) is 26.3 Å². The molecule has 1 heterocycles. The van der Waals surface area contributed by atoms with E-state index >= 15 is 13.2 Å². The second-order valence-electron chi connectivity index (χ2n) is 10.8. The predicted molar refractivity (Wildman–Crippen MR) is 155 cm³/mol. The van der Waals surface area contributed by atoms with Crippen LogP contribution >= 0.6 is 0 Å². The van der Waals surface area contributed by atoms with Crippen molar-refractivity contribution in [2.75, 3.05) is 13.2 Å². The third-order valence-electron chi connectivity index (χ3n) is 7.50. The largest absolute Gasteiger partial charge is 0.432 e. The van der Waals surface area contributed by atoms with Crippen LogP contribution in [0.15, 0.2) is 72.8 Å². The number of rotatable bonds is 9. The Kier molecular flexibility index (Phi) is 9.98. The monoisotopic (exact) mass is 659 g/mol. The fourth-order valence-corrected chi connectivity index (χ4v) is 5.15. The van der Waals surface area contributed by atoms with E-state index in [9.17, 15) is 22.0 Å². The van der Waals surface area contributed by atoms with Crippen LogP contribution in [-0.2, 0) is 15.6 Å². The van der Waals surface area contributed by atoms with Crippen molar-refractivity contribution >= 4 is 0 Å². The number of alkyl halides is 2. The molecule has 0 bridgehead atoms. The maximum Gasteiger partial charge on any atom is 0.432 e. The number of allylic oxidation sites excluding steroid dienone is 2. The maximum absolute atomic E-state index is 15.0. The van der Waals surface area contributed by atoms with Gasteiger partial charge in [-0.1, -0.05) is 24.3 Å². The smallest absolute Gasteiger partial charge is 0.429 e. The van der Waals surface area contributed by atoms with Gasteiger partial charge in [-0.3, -0.25) is 0 Å². The predicted octanol–water partition coefficient (Wildman–Crippen LogP) is 9.87. The number of ether oxygens (including phenoxy) is 3. The minimum absolute atomic E-state index is 0.0603. The molecule has 0 aliphatic carbocycles. The highest BCUT2D eigenvalue weighted by Gasteiger charge is 2.42. The second-order valence-corrected chi connectivity index (χ2v) is 10.8. The van der Waals surface area contributed by atoms with Gasteiger partial charge in [0.05, 0.1) is 13.2 Å². The molecule has 0 atom stereocenters. The number of hydrogen-bond donors (Lipinski definition) is 0. The van der Waals surface area contributed by atoms with Crippen molar-refractivity contribution in [1.29, 1.82) is 5.26 Å². The van der Waals surface area contributed by atoms with Crippen LogP contribution in [0.3, 0.4) is 0 Å². The van der Waals surface area contributed by atoms with Crippen LogP contribution in [0.4, 0.5) is 35.1 Å². The molecule has 4 aromatic carbocycles. The van der Waals surface area contributed by atoms with Crippen LogP contribution in [0.2, 0.25) is 0 Å². The summed E-state index contributed by atoms with van der Waals surface area (Å²) < 4.78 is 134. The summed E-state index contributed by atoms with van der Waals surface area (Å²) in [6, 6.07) is 9.80. The number of nitrogens with zero attached hydrogens (tertiary/aromatic N) is 1. The van der Waals surface area contributed by atoms with Crippen molar-refractivity contribution in [2.45, 2.75) is 32.2 Å². The van der Waals surface area contributed by atoms with Crippen molar-refractivity contribution in [2.24, 2.45) is 5.92 Å². The normalized spacial score (nSPS) is 16.8. The maximum atomic E-state index is 15.0. The minimum atomic E-state index is -4.58. The van der Waals surface area contributed by atoms with E-state index in [1.165, 1.54) is 12.1 Å². The first-order valence-electron chi connectivity index (χ1n) is 14.3. The SMILES string of the molecule is CC=CCCC1COC(c2cc(F)c(C(F)(F)Oc3ccc(-c4ccc(-c5cc(F)c(C#N)c(F)c5)c(F)c4)c(F)c3)c(F)c2)OC1. The Bertz CT molecular complexity index is 1820. The van der Waals surface area contributed by atoms with E-state index in [1.54, 1.807) is 0 Å². The Hall–Kier alpha value is -4.73. The summed E-state index contributed by atoms with van der Waals surface area (Å²) in [4.78, 5) is 0. The molecule has 4 aromatic rings. The third-order valence-corrected chi connectivity index (χ3v) is 7.50. The van der Waals surface area contributed by atoms with Gasteiger partial charge in [0, 0.05) is 28.7 Å². The van der Waals surface area contributed by atoms with Crippen LogP contribution < -0.4 is 4.74 Å². The zero-order valence-corrected chi connectivity index (χ0v) is 24.6. The lowest BCUT2D eigenvalue weighted by atomic mass is 9.98. The zero-order valence-electron chi connectivity index (χ0n) is 24.6. The molecule has 1 aliphatic heterocycles. The molecule has 244 valence electrons. The lowest BCUT2D eigenvalue weighted by Crippen LogP contribution is -2.28. The van der Waals surface area contributed by atoms with Crippen molar-refractivity contribution < 1.29 is 49.3 Å². The van der Waals surface area contributed by atoms with Gasteiger partial charge in [0.15, 0.2) is 6.29 Å². The Morgan fingerprint density at radius 3 is 1.94 bits per heavy atom. The topological polar surface area (TPSA) is 51.5 Å². The molecular formula is C35H25F8NO3. The number of hydrogen-bond acceptors (Lipinski definition) is 4. The summed E-state index contributed by atoms with van der Waals surface area (Å²) in [5.41, 5.74) is -3.49. The Labute approximate surface area is 264 Å². The quantitative estimate of drug-likeness (QED) is 0.133. The number of benzene rings is 4. The highest BCUT2D eigenvalue weighted by atomic mass is 19.3. The fourth-order valence-electron chi connectivity index (χ4n) is 5.15. The van der Waals surface area contributed by atoms with Gasteiger partial charge < -0.3 is 14.2 Å². The van der Waals surface area contributed by atoms with E-state index < -0.39 is 64.2 Å². The molecule has 0 aromatic heterocycles. The van der Waals surface area contributed by atoms with Gasteiger partial charge in [-0.05, 0) is 73.4 Å². The molecule has 5 rings (SSSR count). The van der Waals surface area contributed by atoms with Crippen LogP contribution in [0.5, 0.6) is 5.75 Å². The van der Waals surface area contributed by atoms with E-state index in [4.69, 9.17) is 14.7 Å². The van der Waals surface area contributed by atoms with E-state index in [1.807, 2.05) is 19.1 Å². The van der Waals surface area contributed by atoms with Gasteiger partial charge in [0.2, 0.25) is 0 Å². The summed E-state index contributed by atoms with van der Waals surface area (Å²) in [6.45, 7) is 2.40. The van der Waals surface area contributed by atoms with Crippen LogP contribution in [0.1, 0.15) is 42.7 Å². The lowest BCUT2D eigenvalue weighted by Gasteiger charge is -2.30. The average Bonchev–Trinajstić information content (AvgIpc) is 3.00. The van der Waals surface area contributed by atoms with Gasteiger partial charge in [0.1, 0.15) is 57.8 Å². The molecule has 12 heteroatoms. The first kappa shape index (κ1) is 33.6. The van der Waals surface area contributed by atoms with Crippen molar-refractivity contribution in [1.82, 2.24) is 0 Å². The standard InChI is InChI=1S/C35H25F8NO3/c1-2-3-4-5-19-17-45-34(46-18-19)22-13-31(40)33(32(41)14-22)35(42,43)47-23-7-9-24(30(39)15-23)20-6-8-25(27(36)10-20)21-11-28(37)26(16-44)29(38)12-21/h2-3,6-15,19,34H,4-5,17-18H2,1H3. The highest BCUT2D eigenvalue weighted by molar-refractivity contribution is 5.72. The van der Waals surface area contributed by atoms with Crippen LogP contribution in [-0.4, -0.2) is 13.2 Å². The molecule has 4 nitrogen and oxygen atoms in total. The molecule has 0 amide bonds. The number of nitriles is 1. The third kappa shape index (κ3) is 7.32. The lowest BCUT2D eigenvalue weighted by molar-refractivity contribution is -0.206. The van der Waals surface area contributed by atoms with Crippen molar-refractivity contribution in [3.05, 3.63) is 124 Å². The van der Waals surface area contributed by atoms with E-state index in [0.717, 1.165) is 49.2 Å². The molecule has 47 heavy (non-hydrogen) atoms. The van der Waals surface area contributed by atoms with Gasteiger partial charge in [0.25, 0.3) is 0 Å². The van der Waals surface area contributed by atoms with Gasteiger partial charge in [-0.2, -0.15) is 14.0 Å². The summed E-state index contributed by atoms with van der Waals surface area (Å²) in [6.07, 6.45) is -0.268. The molecule has 0 unspecified atom stereocenters. The molecule has 0 saturated carbocycles. The summed E-state index contributed by atoms with van der Waals surface area (Å²) >= 11 is 0. The van der Waals surface area contributed by atoms with E-state index in [2.05, 4.69) is 4.74 Å². The molecule has 1 saturated heterocycles. The Morgan fingerprint density at radius 2 is 1.36 bits per heavy atom. The van der Waals surface area contributed by atoms with Crippen LogP contribution in [0.25, 0.3) is 22.3 Å². The zero-order chi connectivity index (χ0) is 33.9. The molecule has 0 N–H and O–H groups in total. The van der Waals surface area contributed by atoms with Crippen LogP contribution in [0, 0.1) is 52.2 Å². The van der Waals surface area contributed by atoms with Gasteiger partial charge >= 0.3 is 6.11 Å². The summed E-state index contributed by atoms with van der Waals surface area (Å²) in [5.74, 6) is -8.54. The van der Waals surface area contributed by atoms with Gasteiger partial charge in [-0.15, -0.1) is 0 Å². The van der Waals surface area contributed by atoms with E-state index in [-0.39, 0.29) is 46.9 Å². The Morgan fingerprint density at radius 1 is 0.787 bits per heavy atom. The van der Waals surface area contributed by atoms with Crippen molar-refractivity contribution in [3.63, 3.8) is 0 Å². The Balaban J connectivity index is 1.31. The fraction of sp³-hybridized carbons (Fsp3) is 0.229. The summed E-state index contributed by atoms with van der Waals surface area (Å²) in [7, 11) is 0. The molecule has 0 spiro atoms. The molecule has 1 fully saturated rings. The molecule has 0 radical (unpaired) electrons. The first-order chi connectivity index (χ1) is 22.4. The summed E-state index contributed by atoms with van der Waals surface area (Å²) in [5, 5.41) is 8.82. The minimum Gasteiger partial charge on any atom is -0.429 e. The highest BCUT2D eigenvalue weighted by Crippen LogP contribution is 2.39. The van der Waals surface area contributed by atoms with Crippen molar-refractivity contribution in [3.8, 4) is 34.1 Å². The second kappa shape index (κ2) is 13.9. The number of halogens is 8.